The van der Waals surface area contributed by atoms with Gasteiger partial charge in [0.15, 0.2) is 0 Å². The van der Waals surface area contributed by atoms with Gasteiger partial charge in [-0.15, -0.1) is 0 Å². The van der Waals surface area contributed by atoms with E-state index < -0.39 is 17.8 Å². The van der Waals surface area contributed by atoms with Gasteiger partial charge >= 0.3 is 12.2 Å². The Bertz CT molecular complexity index is 1140. The highest BCUT2D eigenvalue weighted by Gasteiger charge is 2.31. The highest BCUT2D eigenvalue weighted by atomic mass is 35.5. The lowest BCUT2D eigenvalue weighted by Gasteiger charge is -2.24. The van der Waals surface area contributed by atoms with Crippen LogP contribution in [0.15, 0.2) is 54.9 Å². The second kappa shape index (κ2) is 9.04. The van der Waals surface area contributed by atoms with Gasteiger partial charge in [0.05, 0.1) is 5.56 Å². The number of rotatable bonds is 3. The van der Waals surface area contributed by atoms with Crippen LogP contribution in [0.5, 0.6) is 11.6 Å². The van der Waals surface area contributed by atoms with Crippen LogP contribution in [-0.2, 0) is 12.6 Å². The van der Waals surface area contributed by atoms with Gasteiger partial charge in [-0.1, -0.05) is 17.7 Å². The van der Waals surface area contributed by atoms with Crippen LogP contribution in [0.25, 0.3) is 0 Å². The Kier molecular flexibility index (Phi) is 6.18. The van der Waals surface area contributed by atoms with E-state index in [0.717, 1.165) is 37.0 Å². The minimum Gasteiger partial charge on any atom is -0.439 e. The molecule has 0 bridgehead atoms. The zero-order chi connectivity index (χ0) is 22.7. The molecule has 0 saturated heterocycles. The molecule has 6 nitrogen and oxygen atoms in total. The van der Waals surface area contributed by atoms with E-state index in [0.29, 0.717) is 18.0 Å². The zero-order valence-corrected chi connectivity index (χ0v) is 17.5. The van der Waals surface area contributed by atoms with Gasteiger partial charge in [0.1, 0.15) is 17.2 Å². The highest BCUT2D eigenvalue weighted by molar-refractivity contribution is 6.29. The van der Waals surface area contributed by atoms with E-state index in [-0.39, 0.29) is 16.7 Å². The second-order valence-electron chi connectivity index (χ2n) is 7.19. The first-order valence-electron chi connectivity index (χ1n) is 9.84. The number of benzene rings is 2. The lowest BCUT2D eigenvalue weighted by Crippen LogP contribution is -2.35. The van der Waals surface area contributed by atoms with E-state index in [1.54, 1.807) is 12.1 Å². The monoisotopic (exact) mass is 462 g/mol. The molecular formula is C22H18ClF3N4O2. The Balaban J connectivity index is 1.55. The number of nitrogens with one attached hydrogen (secondary N) is 1. The normalized spacial score (nSPS) is 13.8. The van der Waals surface area contributed by atoms with Crippen molar-refractivity contribution in [3.05, 3.63) is 71.1 Å². The van der Waals surface area contributed by atoms with Crippen molar-refractivity contribution in [3.8, 4) is 11.6 Å². The van der Waals surface area contributed by atoms with E-state index in [2.05, 4.69) is 15.3 Å². The van der Waals surface area contributed by atoms with Crippen LogP contribution >= 0.6 is 11.6 Å². The predicted molar refractivity (Wildman–Crippen MR) is 114 cm³/mol. The number of anilines is 2. The third-order valence-electron chi connectivity index (χ3n) is 4.94. The molecule has 1 aromatic heterocycles. The molecule has 166 valence electrons. The molecule has 32 heavy (non-hydrogen) atoms. The standard InChI is InChI=1S/C22H18ClF3N4O2/c23-19-12-20(28-13-27-19)32-17-7-8-18-14(10-17)4-1-2-9-30(18)21(31)29-16-6-3-5-15(11-16)22(24,25)26/h3,5-8,10-13H,1-2,4,9H2,(H,29,31). The highest BCUT2D eigenvalue weighted by Crippen LogP contribution is 2.33. The van der Waals surface area contributed by atoms with Gasteiger partial charge in [-0.3, -0.25) is 4.90 Å². The maximum atomic E-state index is 13.0. The van der Waals surface area contributed by atoms with Crippen LogP contribution in [-0.4, -0.2) is 22.5 Å². The molecule has 0 aliphatic carbocycles. The average molecular weight is 463 g/mol. The number of urea groups is 1. The Labute approximate surface area is 187 Å². The minimum absolute atomic E-state index is 0.0798. The summed E-state index contributed by atoms with van der Waals surface area (Å²) >= 11 is 5.86. The third-order valence-corrected chi connectivity index (χ3v) is 5.14. The molecule has 2 amide bonds. The van der Waals surface area contributed by atoms with Crippen molar-refractivity contribution in [2.75, 3.05) is 16.8 Å². The fourth-order valence-electron chi connectivity index (χ4n) is 3.46. The van der Waals surface area contributed by atoms with Crippen LogP contribution < -0.4 is 15.0 Å². The summed E-state index contributed by atoms with van der Waals surface area (Å²) in [6, 6.07) is 10.8. The molecule has 1 N–H and O–H groups in total. The van der Waals surface area contributed by atoms with Gasteiger partial charge < -0.3 is 10.1 Å². The van der Waals surface area contributed by atoms with Crippen LogP contribution in [0.4, 0.5) is 29.3 Å². The second-order valence-corrected chi connectivity index (χ2v) is 7.58. The molecule has 1 aliphatic rings. The van der Waals surface area contributed by atoms with E-state index in [4.69, 9.17) is 16.3 Å². The summed E-state index contributed by atoms with van der Waals surface area (Å²) in [5, 5.41) is 2.83. The number of ether oxygens (including phenoxy) is 1. The molecule has 2 heterocycles. The minimum atomic E-state index is -4.49. The first-order chi connectivity index (χ1) is 15.3. The molecule has 0 atom stereocenters. The third kappa shape index (κ3) is 5.11. The average Bonchev–Trinajstić information content (AvgIpc) is 2.95. The number of nitrogens with zero attached hydrogens (tertiary/aromatic N) is 3. The van der Waals surface area contributed by atoms with Gasteiger partial charge in [0, 0.05) is 24.0 Å². The number of halogens is 4. The number of hydrogen-bond donors (Lipinski definition) is 1. The molecular weight excluding hydrogens is 445 g/mol. The van der Waals surface area contributed by atoms with Crippen molar-refractivity contribution in [2.45, 2.75) is 25.4 Å². The van der Waals surface area contributed by atoms with Crippen molar-refractivity contribution in [1.82, 2.24) is 9.97 Å². The first kappa shape index (κ1) is 21.9. The molecule has 0 spiro atoms. The molecule has 0 saturated carbocycles. The lowest BCUT2D eigenvalue weighted by atomic mass is 10.1. The molecule has 4 rings (SSSR count). The Morgan fingerprint density at radius 3 is 2.72 bits per heavy atom. The van der Waals surface area contributed by atoms with Crippen molar-refractivity contribution in [1.29, 1.82) is 0 Å². The van der Waals surface area contributed by atoms with Gasteiger partial charge in [-0.05, 0) is 61.2 Å². The molecule has 3 aromatic rings. The fraction of sp³-hybridized carbons (Fsp3) is 0.227. The largest absolute Gasteiger partial charge is 0.439 e. The number of amides is 2. The summed E-state index contributed by atoms with van der Waals surface area (Å²) in [6.45, 7) is 0.444. The summed E-state index contributed by atoms with van der Waals surface area (Å²) in [5.41, 5.74) is 0.828. The maximum Gasteiger partial charge on any atom is 0.416 e. The molecule has 0 radical (unpaired) electrons. The number of hydrogen-bond acceptors (Lipinski definition) is 4. The number of aromatic nitrogens is 2. The van der Waals surface area contributed by atoms with Gasteiger partial charge in [0.25, 0.3) is 0 Å². The van der Waals surface area contributed by atoms with Crippen molar-refractivity contribution in [2.24, 2.45) is 0 Å². The van der Waals surface area contributed by atoms with Gasteiger partial charge in [0.2, 0.25) is 5.88 Å². The zero-order valence-electron chi connectivity index (χ0n) is 16.7. The Morgan fingerprint density at radius 2 is 1.94 bits per heavy atom. The predicted octanol–water partition coefficient (Wildman–Crippen LogP) is 6.32. The van der Waals surface area contributed by atoms with Crippen LogP contribution in [0.2, 0.25) is 5.15 Å². The number of fused-ring (bicyclic) bond motifs is 1. The molecule has 1 aliphatic heterocycles. The molecule has 2 aromatic carbocycles. The summed E-state index contributed by atoms with van der Waals surface area (Å²) in [4.78, 5) is 22.3. The lowest BCUT2D eigenvalue weighted by molar-refractivity contribution is -0.137. The number of alkyl halides is 3. The fourth-order valence-corrected chi connectivity index (χ4v) is 3.60. The quantitative estimate of drug-likeness (QED) is 0.463. The summed E-state index contributed by atoms with van der Waals surface area (Å²) in [7, 11) is 0. The molecule has 0 unspecified atom stereocenters. The van der Waals surface area contributed by atoms with Crippen molar-refractivity contribution in [3.63, 3.8) is 0 Å². The topological polar surface area (TPSA) is 67.4 Å². The summed E-state index contributed by atoms with van der Waals surface area (Å²) in [6.07, 6.45) is -0.864. The smallest absolute Gasteiger partial charge is 0.416 e. The first-order valence-corrected chi connectivity index (χ1v) is 10.2. The van der Waals surface area contributed by atoms with Crippen LogP contribution in [0.1, 0.15) is 24.0 Å². The van der Waals surface area contributed by atoms with Gasteiger partial charge in [-0.2, -0.15) is 13.2 Å². The van der Waals surface area contributed by atoms with E-state index in [9.17, 15) is 18.0 Å². The molecule has 0 fully saturated rings. The van der Waals surface area contributed by atoms with E-state index in [1.165, 1.54) is 29.4 Å². The Hall–Kier alpha value is -3.33. The number of carbonyl (C=O) groups is 1. The Morgan fingerprint density at radius 1 is 1.09 bits per heavy atom. The SMILES string of the molecule is O=C(Nc1cccc(C(F)(F)F)c1)N1CCCCc2cc(Oc3cc(Cl)ncn3)ccc21. The maximum absolute atomic E-state index is 13.0. The van der Waals surface area contributed by atoms with Gasteiger partial charge in [-0.25, -0.2) is 14.8 Å². The number of carbonyl (C=O) groups excluding carboxylic acids is 1. The van der Waals surface area contributed by atoms with Crippen molar-refractivity contribution >= 4 is 29.0 Å². The number of aryl methyl sites for hydroxylation is 1. The van der Waals surface area contributed by atoms with Crippen molar-refractivity contribution < 1.29 is 22.7 Å². The summed E-state index contributed by atoms with van der Waals surface area (Å²) < 4.78 is 44.7. The van der Waals surface area contributed by atoms with E-state index >= 15 is 0 Å². The molecule has 10 heteroatoms. The summed E-state index contributed by atoms with van der Waals surface area (Å²) in [5.74, 6) is 0.816. The van der Waals surface area contributed by atoms with Crippen LogP contribution in [0.3, 0.4) is 0 Å². The van der Waals surface area contributed by atoms with Crippen LogP contribution in [0, 0.1) is 0 Å². The van der Waals surface area contributed by atoms with E-state index in [1.807, 2.05) is 6.07 Å².